The van der Waals surface area contributed by atoms with Crippen LogP contribution in [0.1, 0.15) is 11.1 Å². The predicted octanol–water partition coefficient (Wildman–Crippen LogP) is 0.596. The van der Waals surface area contributed by atoms with Crippen molar-refractivity contribution in [2.45, 2.75) is 12.8 Å². The summed E-state index contributed by atoms with van der Waals surface area (Å²) in [5, 5.41) is 17.5. The Kier molecular flexibility index (Phi) is 5.38. The normalized spacial score (nSPS) is 10.3. The molecule has 2 rings (SSSR count). The molecule has 0 fully saturated rings. The van der Waals surface area contributed by atoms with E-state index in [1.54, 1.807) is 0 Å². The Hall–Kier alpha value is -1.82. The topological polar surface area (TPSA) is 74.6 Å². The first kappa shape index (κ1) is 15.6. The summed E-state index contributed by atoms with van der Waals surface area (Å²) in [4.78, 5) is 21.2. The molecule has 106 valence electrons. The van der Waals surface area contributed by atoms with Gasteiger partial charge in [-0.15, -0.1) is 0 Å². The monoisotopic (exact) mass is 390 g/mol. The Morgan fingerprint density at radius 3 is 1.33 bits per heavy atom. The first-order chi connectivity index (χ1) is 10.0. The van der Waals surface area contributed by atoms with Crippen molar-refractivity contribution in [1.29, 1.82) is 0 Å². The molecule has 2 N–H and O–H groups in total. The third kappa shape index (κ3) is 5.22. The van der Waals surface area contributed by atoms with Gasteiger partial charge in [-0.2, -0.15) is 0 Å². The van der Waals surface area contributed by atoms with Crippen molar-refractivity contribution >= 4 is 40.2 Å². The number of carboxylic acids is 2. The van der Waals surface area contributed by atoms with Gasteiger partial charge in [0.05, 0.1) is 0 Å². The molecule has 5 heteroatoms. The van der Waals surface area contributed by atoms with Gasteiger partial charge in [0.2, 0.25) is 0 Å². The SMILES string of the molecule is O=C(O)Cc1cc[c]([Sn][c]2ccc(CC(=O)O)cc2)cc1. The fourth-order valence-corrected chi connectivity index (χ4v) is 4.78. The number of hydrogen-bond acceptors (Lipinski definition) is 2. The molecule has 2 aromatic rings. The molecule has 0 aliphatic rings. The van der Waals surface area contributed by atoms with Crippen LogP contribution >= 0.6 is 0 Å². The van der Waals surface area contributed by atoms with E-state index in [1.165, 1.54) is 7.16 Å². The molecule has 0 amide bonds. The molecule has 0 spiro atoms. The van der Waals surface area contributed by atoms with Gasteiger partial charge in [-0.25, -0.2) is 0 Å². The molecule has 0 aromatic heterocycles. The van der Waals surface area contributed by atoms with E-state index in [9.17, 15) is 9.59 Å². The molecule has 21 heavy (non-hydrogen) atoms. The second kappa shape index (κ2) is 7.26. The first-order valence-corrected chi connectivity index (χ1v) is 9.27. The summed E-state index contributed by atoms with van der Waals surface area (Å²) >= 11 is -0.918. The fourth-order valence-electron chi connectivity index (χ4n) is 1.93. The van der Waals surface area contributed by atoms with Crippen LogP contribution in [0.3, 0.4) is 0 Å². The molecule has 4 nitrogen and oxygen atoms in total. The number of hydrogen-bond donors (Lipinski definition) is 2. The molecule has 0 saturated heterocycles. The molecule has 2 aromatic carbocycles. The molecule has 0 bridgehead atoms. The van der Waals surface area contributed by atoms with E-state index in [2.05, 4.69) is 0 Å². The van der Waals surface area contributed by atoms with E-state index in [-0.39, 0.29) is 12.8 Å². The van der Waals surface area contributed by atoms with Gasteiger partial charge in [0.15, 0.2) is 0 Å². The van der Waals surface area contributed by atoms with Gasteiger partial charge in [-0.3, -0.25) is 0 Å². The Bertz CT molecular complexity index is 575. The summed E-state index contributed by atoms with van der Waals surface area (Å²) in [6, 6.07) is 15.4. The zero-order valence-electron chi connectivity index (χ0n) is 11.2. The van der Waals surface area contributed by atoms with Gasteiger partial charge in [-0.1, -0.05) is 0 Å². The van der Waals surface area contributed by atoms with Crippen molar-refractivity contribution in [3.63, 3.8) is 0 Å². The van der Waals surface area contributed by atoms with Crippen LogP contribution in [-0.2, 0) is 22.4 Å². The molecule has 0 saturated carbocycles. The summed E-state index contributed by atoms with van der Waals surface area (Å²) in [5.74, 6) is -1.64. The molecule has 0 aliphatic heterocycles. The molecular formula is C16H14O4Sn. The van der Waals surface area contributed by atoms with Gasteiger partial charge in [0, 0.05) is 0 Å². The van der Waals surface area contributed by atoms with Crippen molar-refractivity contribution in [1.82, 2.24) is 0 Å². The zero-order chi connectivity index (χ0) is 15.2. The number of rotatable bonds is 6. The average molecular weight is 389 g/mol. The molecule has 0 aliphatic carbocycles. The molecule has 0 atom stereocenters. The maximum absolute atomic E-state index is 10.6. The Labute approximate surface area is 132 Å². The van der Waals surface area contributed by atoms with Crippen LogP contribution in [0.4, 0.5) is 0 Å². The van der Waals surface area contributed by atoms with Crippen molar-refractivity contribution < 1.29 is 19.8 Å². The van der Waals surface area contributed by atoms with E-state index in [1.807, 2.05) is 48.5 Å². The first-order valence-electron chi connectivity index (χ1n) is 6.41. The van der Waals surface area contributed by atoms with E-state index in [4.69, 9.17) is 10.2 Å². The Morgan fingerprint density at radius 1 is 0.714 bits per heavy atom. The number of carboxylic acid groups (broad SMARTS) is 2. The van der Waals surface area contributed by atoms with E-state index < -0.39 is 33.1 Å². The molecule has 0 heterocycles. The van der Waals surface area contributed by atoms with Gasteiger partial charge in [0.25, 0.3) is 0 Å². The van der Waals surface area contributed by atoms with E-state index in [0.717, 1.165) is 11.1 Å². The number of benzene rings is 2. The fraction of sp³-hybridized carbons (Fsp3) is 0.125. The second-order valence-electron chi connectivity index (χ2n) is 4.66. The summed E-state index contributed by atoms with van der Waals surface area (Å²) in [6.07, 6.45) is 0.102. The minimum atomic E-state index is -0.918. The van der Waals surface area contributed by atoms with E-state index in [0.29, 0.717) is 0 Å². The maximum atomic E-state index is 10.6. The molecule has 0 unspecified atom stereocenters. The van der Waals surface area contributed by atoms with Crippen molar-refractivity contribution in [2.75, 3.05) is 0 Å². The summed E-state index contributed by atoms with van der Waals surface area (Å²) in [5.41, 5.74) is 1.62. The zero-order valence-corrected chi connectivity index (χ0v) is 14.1. The van der Waals surface area contributed by atoms with Crippen LogP contribution < -0.4 is 7.16 Å². The second-order valence-corrected chi connectivity index (χ2v) is 8.67. The van der Waals surface area contributed by atoms with Crippen molar-refractivity contribution in [2.24, 2.45) is 0 Å². The predicted molar refractivity (Wildman–Crippen MR) is 80.6 cm³/mol. The van der Waals surface area contributed by atoms with E-state index >= 15 is 0 Å². The summed E-state index contributed by atoms with van der Waals surface area (Å²) < 4.78 is 2.53. The quantitative estimate of drug-likeness (QED) is 0.710. The van der Waals surface area contributed by atoms with Gasteiger partial charge in [-0.05, 0) is 0 Å². The standard InChI is InChI=1S/2C8H7O2.Sn/c2*9-8(10)6-7-4-2-1-3-5-7;/h2*2-5H,6H2,(H,9,10);. The summed E-state index contributed by atoms with van der Waals surface area (Å²) in [7, 11) is 0. The van der Waals surface area contributed by atoms with Crippen molar-refractivity contribution in [3.8, 4) is 0 Å². The van der Waals surface area contributed by atoms with Crippen molar-refractivity contribution in [3.05, 3.63) is 59.7 Å². The minimum absolute atomic E-state index is 0.0508. The average Bonchev–Trinajstić information content (AvgIpc) is 2.42. The van der Waals surface area contributed by atoms with Gasteiger partial charge in [0.1, 0.15) is 0 Å². The third-order valence-corrected chi connectivity index (χ3v) is 6.46. The molecule has 2 radical (unpaired) electrons. The number of carbonyl (C=O) groups is 2. The van der Waals surface area contributed by atoms with Crippen LogP contribution in [-0.4, -0.2) is 43.3 Å². The van der Waals surface area contributed by atoms with Crippen LogP contribution in [0, 0.1) is 0 Å². The Morgan fingerprint density at radius 2 is 1.05 bits per heavy atom. The number of aliphatic carboxylic acids is 2. The van der Waals surface area contributed by atoms with Crippen LogP contribution in [0.2, 0.25) is 0 Å². The third-order valence-electron chi connectivity index (χ3n) is 2.91. The molecular weight excluding hydrogens is 375 g/mol. The Balaban J connectivity index is 2.01. The van der Waals surface area contributed by atoms with Gasteiger partial charge < -0.3 is 0 Å². The van der Waals surface area contributed by atoms with Crippen LogP contribution in [0.5, 0.6) is 0 Å². The summed E-state index contributed by atoms with van der Waals surface area (Å²) in [6.45, 7) is 0. The van der Waals surface area contributed by atoms with Gasteiger partial charge >= 0.3 is 133 Å². The van der Waals surface area contributed by atoms with Crippen LogP contribution in [0.15, 0.2) is 48.5 Å². The van der Waals surface area contributed by atoms with Crippen LogP contribution in [0.25, 0.3) is 0 Å².